The van der Waals surface area contributed by atoms with Gasteiger partial charge in [0.2, 0.25) is 0 Å². The number of H-pyrrole nitrogens is 1. The summed E-state index contributed by atoms with van der Waals surface area (Å²) >= 11 is 1.75. The summed E-state index contributed by atoms with van der Waals surface area (Å²) < 4.78 is 9.56. The molecule has 0 unspecified atom stereocenters. The van der Waals surface area contributed by atoms with Crippen molar-refractivity contribution in [3.8, 4) is 0 Å². The first kappa shape index (κ1) is 19.5. The van der Waals surface area contributed by atoms with Gasteiger partial charge in [-0.1, -0.05) is 66.4 Å². The predicted molar refractivity (Wildman–Crippen MR) is 125 cm³/mol. The van der Waals surface area contributed by atoms with E-state index in [2.05, 4.69) is 64.9 Å². The number of imidazole rings is 1. The van der Waals surface area contributed by atoms with E-state index < -0.39 is 10.8 Å². The van der Waals surface area contributed by atoms with Crippen molar-refractivity contribution in [2.24, 2.45) is 0 Å². The highest BCUT2D eigenvalue weighted by atomic mass is 32.2. The van der Waals surface area contributed by atoms with Gasteiger partial charge in [-0.25, -0.2) is 4.98 Å². The molecule has 0 saturated carbocycles. The molecule has 1 aromatic heterocycles. The first-order chi connectivity index (χ1) is 14.1. The zero-order chi connectivity index (χ0) is 20.2. The minimum absolute atomic E-state index is 0.611. The van der Waals surface area contributed by atoms with Crippen molar-refractivity contribution in [1.29, 1.82) is 0 Å². The SMILES string of the molecule is CS(C)=O.c1ccc(C2=C(c3nc4ccccc4[nH]3)Sc3ccccc3N2)cc1. The van der Waals surface area contributed by atoms with Gasteiger partial charge in [-0.15, -0.1) is 0 Å². The molecule has 2 heterocycles. The molecule has 5 rings (SSSR count). The molecule has 3 aromatic carbocycles. The number of hydrogen-bond acceptors (Lipinski definition) is 4. The second-order valence-electron chi connectivity index (χ2n) is 6.64. The van der Waals surface area contributed by atoms with E-state index >= 15 is 0 Å². The number of benzene rings is 3. The van der Waals surface area contributed by atoms with Crippen LogP contribution in [0.3, 0.4) is 0 Å². The van der Waals surface area contributed by atoms with Crippen molar-refractivity contribution >= 4 is 49.9 Å². The quantitative estimate of drug-likeness (QED) is 0.444. The van der Waals surface area contributed by atoms with Crippen molar-refractivity contribution in [2.75, 3.05) is 17.8 Å². The van der Waals surface area contributed by atoms with Crippen LogP contribution in [0.2, 0.25) is 0 Å². The lowest BCUT2D eigenvalue weighted by Crippen LogP contribution is -2.07. The Morgan fingerprint density at radius 2 is 1.52 bits per heavy atom. The number of fused-ring (bicyclic) bond motifs is 2. The minimum atomic E-state index is -0.611. The molecule has 0 bridgehead atoms. The van der Waals surface area contributed by atoms with Crippen LogP contribution in [0.4, 0.5) is 5.69 Å². The van der Waals surface area contributed by atoms with Crippen LogP contribution >= 0.6 is 11.8 Å². The Kier molecular flexibility index (Phi) is 5.83. The number of hydrogen-bond donors (Lipinski definition) is 2. The van der Waals surface area contributed by atoms with E-state index in [4.69, 9.17) is 4.98 Å². The maximum Gasteiger partial charge on any atom is 0.147 e. The Balaban J connectivity index is 0.000000472. The van der Waals surface area contributed by atoms with Crippen molar-refractivity contribution in [2.45, 2.75) is 4.90 Å². The molecular weight excluding hydrogens is 398 g/mol. The van der Waals surface area contributed by atoms with Crippen molar-refractivity contribution < 1.29 is 4.21 Å². The van der Waals surface area contributed by atoms with Gasteiger partial charge in [0.1, 0.15) is 5.82 Å². The van der Waals surface area contributed by atoms with Crippen LogP contribution in [0.15, 0.2) is 83.8 Å². The molecule has 1 aliphatic rings. The third-order valence-corrected chi connectivity index (χ3v) is 5.43. The lowest BCUT2D eigenvalue weighted by Gasteiger charge is -2.23. The monoisotopic (exact) mass is 419 g/mol. The maximum atomic E-state index is 9.56. The van der Waals surface area contributed by atoms with Crippen LogP contribution < -0.4 is 5.32 Å². The lowest BCUT2D eigenvalue weighted by molar-refractivity contribution is 0.690. The molecule has 0 fully saturated rings. The minimum Gasteiger partial charge on any atom is -0.353 e. The molecule has 2 N–H and O–H groups in total. The van der Waals surface area contributed by atoms with Gasteiger partial charge in [0, 0.05) is 28.2 Å². The van der Waals surface area contributed by atoms with Crippen molar-refractivity contribution in [3.63, 3.8) is 0 Å². The third kappa shape index (κ3) is 4.44. The van der Waals surface area contributed by atoms with E-state index in [9.17, 15) is 4.21 Å². The highest BCUT2D eigenvalue weighted by Gasteiger charge is 2.23. The number of rotatable bonds is 2. The van der Waals surface area contributed by atoms with E-state index in [0.29, 0.717) is 0 Å². The summed E-state index contributed by atoms with van der Waals surface area (Å²) in [6.45, 7) is 0. The van der Waals surface area contributed by atoms with E-state index in [1.807, 2.05) is 24.3 Å². The molecule has 0 spiro atoms. The summed E-state index contributed by atoms with van der Waals surface area (Å²) in [5.74, 6) is 0.895. The van der Waals surface area contributed by atoms with Gasteiger partial charge in [0.15, 0.2) is 0 Å². The highest BCUT2D eigenvalue weighted by molar-refractivity contribution is 8.08. The Bertz CT molecular complexity index is 1160. The van der Waals surface area contributed by atoms with Gasteiger partial charge in [0.05, 0.1) is 27.3 Å². The summed E-state index contributed by atoms with van der Waals surface area (Å²) in [4.78, 5) is 10.6. The number of nitrogens with zero attached hydrogens (tertiary/aromatic N) is 1. The van der Waals surface area contributed by atoms with Gasteiger partial charge in [-0.3, -0.25) is 4.21 Å². The average molecular weight is 420 g/mol. The van der Waals surface area contributed by atoms with Crippen LogP contribution in [0.1, 0.15) is 11.4 Å². The first-order valence-corrected chi connectivity index (χ1v) is 11.9. The Hall–Kier alpha value is -2.83. The molecule has 4 nitrogen and oxygen atoms in total. The Labute approximate surface area is 176 Å². The smallest absolute Gasteiger partial charge is 0.147 e. The van der Waals surface area contributed by atoms with Crippen molar-refractivity contribution in [3.05, 3.63) is 90.3 Å². The van der Waals surface area contributed by atoms with Gasteiger partial charge < -0.3 is 10.3 Å². The Morgan fingerprint density at radius 1 is 0.862 bits per heavy atom. The molecule has 0 radical (unpaired) electrons. The molecule has 0 atom stereocenters. The number of aromatic nitrogens is 2. The summed E-state index contributed by atoms with van der Waals surface area (Å²) in [7, 11) is -0.611. The van der Waals surface area contributed by atoms with Crippen molar-refractivity contribution in [1.82, 2.24) is 9.97 Å². The largest absolute Gasteiger partial charge is 0.353 e. The molecule has 146 valence electrons. The molecule has 1 aliphatic heterocycles. The number of thioether (sulfide) groups is 1. The third-order valence-electron chi connectivity index (χ3n) is 4.25. The van der Waals surface area contributed by atoms with Crippen LogP contribution in [-0.4, -0.2) is 26.7 Å². The van der Waals surface area contributed by atoms with Crippen LogP contribution in [0.5, 0.6) is 0 Å². The zero-order valence-electron chi connectivity index (χ0n) is 16.2. The molecule has 29 heavy (non-hydrogen) atoms. The fourth-order valence-electron chi connectivity index (χ4n) is 3.05. The molecule has 4 aromatic rings. The molecule has 6 heteroatoms. The van der Waals surface area contributed by atoms with E-state index in [1.165, 1.54) is 4.90 Å². The van der Waals surface area contributed by atoms with Crippen LogP contribution in [-0.2, 0) is 10.8 Å². The van der Waals surface area contributed by atoms with E-state index in [1.54, 1.807) is 24.3 Å². The molecule has 0 aliphatic carbocycles. The second kappa shape index (κ2) is 8.68. The zero-order valence-corrected chi connectivity index (χ0v) is 17.8. The number of anilines is 1. The average Bonchev–Trinajstić information content (AvgIpc) is 3.17. The summed E-state index contributed by atoms with van der Waals surface area (Å²) in [5, 5.41) is 3.60. The summed E-state index contributed by atoms with van der Waals surface area (Å²) in [5.41, 5.74) is 5.41. The predicted octanol–water partition coefficient (Wildman–Crippen LogP) is 5.60. The fraction of sp³-hybridized carbons (Fsp3) is 0.0870. The standard InChI is InChI=1S/C21H15N3S.C2H6OS/c1-2-8-14(9-3-1)19-20(25-18-13-7-6-12-17(18)22-19)21-23-15-10-4-5-11-16(15)24-21;1-4(2)3/h1-13,22H,(H,23,24);1-2H3. The van der Waals surface area contributed by atoms with E-state index in [0.717, 1.165) is 38.7 Å². The van der Waals surface area contributed by atoms with E-state index in [-0.39, 0.29) is 0 Å². The summed E-state index contributed by atoms with van der Waals surface area (Å²) in [6, 6.07) is 26.9. The van der Waals surface area contributed by atoms with Crippen LogP contribution in [0, 0.1) is 0 Å². The molecular formula is C23H21N3OS2. The molecule has 0 saturated heterocycles. The lowest BCUT2D eigenvalue weighted by atomic mass is 10.1. The number of aromatic amines is 1. The fourth-order valence-corrected chi connectivity index (χ4v) is 4.11. The van der Waals surface area contributed by atoms with Crippen LogP contribution in [0.25, 0.3) is 21.6 Å². The van der Waals surface area contributed by atoms with Gasteiger partial charge >= 0.3 is 0 Å². The van der Waals surface area contributed by atoms with Gasteiger partial charge in [-0.2, -0.15) is 0 Å². The molecule has 0 amide bonds. The van der Waals surface area contributed by atoms with Gasteiger partial charge in [0.25, 0.3) is 0 Å². The maximum absolute atomic E-state index is 9.56. The van der Waals surface area contributed by atoms with Gasteiger partial charge in [-0.05, 0) is 29.8 Å². The Morgan fingerprint density at radius 3 is 2.28 bits per heavy atom. The normalized spacial score (nSPS) is 12.9. The second-order valence-corrected chi connectivity index (χ2v) is 9.17. The topological polar surface area (TPSA) is 57.8 Å². The first-order valence-electron chi connectivity index (χ1n) is 9.15. The number of para-hydroxylation sites is 3. The number of nitrogens with one attached hydrogen (secondary N) is 2. The highest BCUT2D eigenvalue weighted by Crippen LogP contribution is 2.46. The summed E-state index contributed by atoms with van der Waals surface area (Å²) in [6.07, 6.45) is 3.28.